The molecule has 0 fully saturated rings. The van der Waals surface area contributed by atoms with Crippen LogP contribution in [0.15, 0.2) is 274 Å². The molecule has 0 aromatic heterocycles. The molecule has 1 nitrogen and oxygen atoms in total. The van der Waals surface area contributed by atoms with Crippen LogP contribution in [0.4, 0.5) is 25.8 Å². The van der Waals surface area contributed by atoms with Crippen LogP contribution in [0.25, 0.3) is 56.7 Å². The summed E-state index contributed by atoms with van der Waals surface area (Å²) in [6.07, 6.45) is 3.71. The summed E-state index contributed by atoms with van der Waals surface area (Å²) >= 11 is 0. The van der Waals surface area contributed by atoms with Crippen molar-refractivity contribution >= 4 is 29.2 Å². The first-order chi connectivity index (χ1) is 36.9. The Bertz CT molecular complexity index is 3820. The van der Waals surface area contributed by atoms with Crippen LogP contribution in [0.1, 0.15) is 55.6 Å². The third-order valence-electron chi connectivity index (χ3n) is 15.7. The van der Waals surface area contributed by atoms with Gasteiger partial charge in [-0.25, -0.2) is 8.78 Å². The molecular formula is C72H49F2N. The van der Waals surface area contributed by atoms with Gasteiger partial charge in [-0.15, -0.1) is 0 Å². The highest BCUT2D eigenvalue weighted by Gasteiger charge is 2.48. The Morgan fingerprint density at radius 3 is 1.19 bits per heavy atom. The highest BCUT2D eigenvalue weighted by Crippen LogP contribution is 2.60. The van der Waals surface area contributed by atoms with Crippen molar-refractivity contribution in [3.63, 3.8) is 0 Å². The highest BCUT2D eigenvalue weighted by atomic mass is 19.1. The van der Waals surface area contributed by atoms with E-state index in [2.05, 4.69) is 236 Å². The zero-order valence-electron chi connectivity index (χ0n) is 41.1. The number of nitrogens with zero attached hydrogens (tertiary/aromatic N) is 1. The molecule has 0 N–H and O–H groups in total. The summed E-state index contributed by atoms with van der Waals surface area (Å²) < 4.78 is 31.7. The van der Waals surface area contributed by atoms with Crippen LogP contribution in [0.2, 0.25) is 0 Å². The van der Waals surface area contributed by atoms with E-state index in [1.165, 1.54) is 12.1 Å². The van der Waals surface area contributed by atoms with Crippen LogP contribution in [-0.4, -0.2) is 0 Å². The van der Waals surface area contributed by atoms with Crippen molar-refractivity contribution in [1.82, 2.24) is 0 Å². The molecule has 0 radical (unpaired) electrons. The van der Waals surface area contributed by atoms with Gasteiger partial charge < -0.3 is 4.90 Å². The fourth-order valence-corrected chi connectivity index (χ4v) is 12.4. The van der Waals surface area contributed by atoms with Crippen molar-refractivity contribution < 1.29 is 8.78 Å². The number of hydrogen-bond acceptors (Lipinski definition) is 1. The van der Waals surface area contributed by atoms with Gasteiger partial charge in [0.1, 0.15) is 11.6 Å². The molecule has 0 amide bonds. The fraction of sp³-hybridized carbons (Fsp3) is 0.0278. The van der Waals surface area contributed by atoms with E-state index in [9.17, 15) is 0 Å². The molecule has 0 saturated carbocycles. The minimum absolute atomic E-state index is 0.300. The fourth-order valence-electron chi connectivity index (χ4n) is 12.4. The van der Waals surface area contributed by atoms with Crippen molar-refractivity contribution in [2.75, 3.05) is 4.90 Å². The number of anilines is 3. The van der Waals surface area contributed by atoms with Crippen LogP contribution in [-0.2, 0) is 10.8 Å². The lowest BCUT2D eigenvalue weighted by Gasteiger charge is -2.36. The van der Waals surface area contributed by atoms with Crippen molar-refractivity contribution in [1.29, 1.82) is 0 Å². The van der Waals surface area contributed by atoms with Gasteiger partial charge in [0.15, 0.2) is 0 Å². The Morgan fingerprint density at radius 2 is 0.693 bits per heavy atom. The van der Waals surface area contributed by atoms with Gasteiger partial charge in [-0.3, -0.25) is 0 Å². The number of rotatable bonds is 11. The molecule has 0 bridgehead atoms. The minimum Gasteiger partial charge on any atom is -0.310 e. The molecule has 0 heterocycles. The van der Waals surface area contributed by atoms with Gasteiger partial charge in [-0.2, -0.15) is 0 Å². The van der Waals surface area contributed by atoms with E-state index in [-0.39, 0.29) is 11.6 Å². The van der Waals surface area contributed by atoms with E-state index < -0.39 is 10.8 Å². The smallest absolute Gasteiger partial charge is 0.123 e. The molecule has 11 aromatic carbocycles. The van der Waals surface area contributed by atoms with Gasteiger partial charge in [-0.1, -0.05) is 219 Å². The first kappa shape index (κ1) is 45.4. The average molecular weight is 966 g/mol. The summed E-state index contributed by atoms with van der Waals surface area (Å²) in [5.41, 5.74) is 19.7. The molecule has 11 aromatic rings. The Balaban J connectivity index is 1.09. The lowest BCUT2D eigenvalue weighted by Crippen LogP contribution is -2.29. The third kappa shape index (κ3) is 7.26. The summed E-state index contributed by atoms with van der Waals surface area (Å²) in [6, 6.07) is 89.8. The van der Waals surface area contributed by atoms with Crippen molar-refractivity contribution in [3.8, 4) is 44.5 Å². The van der Waals surface area contributed by atoms with Crippen molar-refractivity contribution in [3.05, 3.63) is 341 Å². The molecule has 356 valence electrons. The zero-order chi connectivity index (χ0) is 50.7. The summed E-state index contributed by atoms with van der Waals surface area (Å²) in [5.74, 6) is -0.599. The molecule has 13 rings (SSSR count). The molecule has 2 unspecified atom stereocenters. The highest BCUT2D eigenvalue weighted by molar-refractivity contribution is 5.93. The number of fused-ring (bicyclic) bond motifs is 6. The Kier molecular flexibility index (Phi) is 11.1. The van der Waals surface area contributed by atoms with Gasteiger partial charge >= 0.3 is 0 Å². The Labute approximate surface area is 437 Å². The molecule has 3 heteroatoms. The second-order valence-corrected chi connectivity index (χ2v) is 19.6. The van der Waals surface area contributed by atoms with E-state index in [0.29, 0.717) is 0 Å². The third-order valence-corrected chi connectivity index (χ3v) is 15.7. The van der Waals surface area contributed by atoms with E-state index in [4.69, 9.17) is 0 Å². The van der Waals surface area contributed by atoms with Gasteiger partial charge in [0.05, 0.1) is 10.8 Å². The van der Waals surface area contributed by atoms with E-state index in [0.717, 1.165) is 117 Å². The normalized spacial score (nSPS) is 15.8. The Morgan fingerprint density at radius 1 is 0.293 bits per heavy atom. The molecule has 2 aliphatic rings. The maximum absolute atomic E-state index is 15.9. The Hall–Kier alpha value is -9.44. The van der Waals surface area contributed by atoms with E-state index in [1.807, 2.05) is 30.4 Å². The minimum atomic E-state index is -0.890. The number of halogens is 2. The zero-order valence-corrected chi connectivity index (χ0v) is 41.1. The van der Waals surface area contributed by atoms with Crippen LogP contribution in [0.5, 0.6) is 0 Å². The summed E-state index contributed by atoms with van der Waals surface area (Å²) in [5, 5.41) is 0. The maximum atomic E-state index is 15.9. The summed E-state index contributed by atoms with van der Waals surface area (Å²) in [7, 11) is 0. The lowest BCUT2D eigenvalue weighted by molar-refractivity contribution is 0.620. The van der Waals surface area contributed by atoms with Gasteiger partial charge in [0, 0.05) is 17.1 Å². The monoisotopic (exact) mass is 965 g/mol. The molecule has 0 spiro atoms. The van der Waals surface area contributed by atoms with E-state index >= 15 is 8.78 Å². The second kappa shape index (κ2) is 18.2. The van der Waals surface area contributed by atoms with Crippen LogP contribution >= 0.6 is 0 Å². The predicted octanol–water partition coefficient (Wildman–Crippen LogP) is 18.8. The first-order valence-electron chi connectivity index (χ1n) is 25.4. The van der Waals surface area contributed by atoms with Gasteiger partial charge in [-0.05, 0) is 167 Å². The van der Waals surface area contributed by atoms with Crippen molar-refractivity contribution in [2.45, 2.75) is 10.8 Å². The van der Waals surface area contributed by atoms with Crippen molar-refractivity contribution in [2.24, 2.45) is 0 Å². The number of hydrogen-bond donors (Lipinski definition) is 0. The molecule has 75 heavy (non-hydrogen) atoms. The average Bonchev–Trinajstić information content (AvgIpc) is 3.96. The second-order valence-electron chi connectivity index (χ2n) is 19.6. The number of benzene rings is 11. The molecule has 0 aliphatic heterocycles. The molecule has 2 aliphatic carbocycles. The largest absolute Gasteiger partial charge is 0.310 e. The quantitative estimate of drug-likeness (QED) is 0.125. The lowest BCUT2D eigenvalue weighted by atomic mass is 9.67. The standard InChI is InChI=1S/C72H49F2N/c1-3-48-30-34-54(35-31-48)71(56-21-14-23-58(73)44-56)67-28-10-8-26-63(67)65-40-38-61(46-69(65)71)75(60-25-13-20-53(43-60)52-19-12-18-51(42-52)50-16-6-5-7-17-50)62-39-41-66-64-27-9-11-29-68(64)72(70(66)47-62,57-22-15-24-59(74)45-57)55-36-32-49(4-2)33-37-55/h3-47H,1-2H2. The summed E-state index contributed by atoms with van der Waals surface area (Å²) in [6.45, 7) is 8.12. The first-order valence-corrected chi connectivity index (χ1v) is 25.4. The van der Waals surface area contributed by atoms with Gasteiger partial charge in [0.2, 0.25) is 0 Å². The van der Waals surface area contributed by atoms with Crippen LogP contribution in [0, 0.1) is 11.6 Å². The molecule has 2 atom stereocenters. The van der Waals surface area contributed by atoms with Crippen LogP contribution < -0.4 is 4.90 Å². The predicted molar refractivity (Wildman–Crippen MR) is 307 cm³/mol. The SMILES string of the molecule is C=Cc1ccc(C2(c3cccc(F)c3)c3ccccc3-c3ccc(N(c4cccc(-c5cccc(-c6ccccc6)c5)c4)c4ccc5c(c4)C(c4ccc(C=C)cc4)(c4cccc(F)c4)c4ccccc4-5)cc32)cc1. The molecule has 0 saturated heterocycles. The molecular weight excluding hydrogens is 917 g/mol. The summed E-state index contributed by atoms with van der Waals surface area (Å²) in [4.78, 5) is 2.35. The van der Waals surface area contributed by atoms with Crippen LogP contribution in [0.3, 0.4) is 0 Å². The van der Waals surface area contributed by atoms with Gasteiger partial charge in [0.25, 0.3) is 0 Å². The maximum Gasteiger partial charge on any atom is 0.123 e. The van der Waals surface area contributed by atoms with E-state index in [1.54, 1.807) is 12.1 Å². The topological polar surface area (TPSA) is 3.24 Å².